The number of fused-ring (bicyclic) bond motifs is 1. The third kappa shape index (κ3) is 3.71. The molecule has 0 saturated heterocycles. The zero-order valence-corrected chi connectivity index (χ0v) is 13.3. The Labute approximate surface area is 139 Å². The van der Waals surface area contributed by atoms with Crippen LogP contribution in [-0.2, 0) is 16.0 Å². The van der Waals surface area contributed by atoms with Crippen LogP contribution >= 0.6 is 11.6 Å². The molecule has 0 spiro atoms. The molecule has 0 aliphatic carbocycles. The summed E-state index contributed by atoms with van der Waals surface area (Å²) in [4.78, 5) is 24.1. The van der Waals surface area contributed by atoms with Gasteiger partial charge in [0.15, 0.2) is 0 Å². The van der Waals surface area contributed by atoms with Crippen molar-refractivity contribution in [1.29, 1.82) is 0 Å². The normalized spacial score (nSPS) is 15.9. The molecule has 2 aromatic rings. The Morgan fingerprint density at radius 3 is 2.65 bits per heavy atom. The minimum Gasteiger partial charge on any atom is -0.356 e. The van der Waals surface area contributed by atoms with Gasteiger partial charge in [0.25, 0.3) is 0 Å². The van der Waals surface area contributed by atoms with Gasteiger partial charge in [-0.15, -0.1) is 0 Å². The monoisotopic (exact) mass is 328 g/mol. The lowest BCUT2D eigenvalue weighted by Gasteiger charge is -2.09. The second-order valence-electron chi connectivity index (χ2n) is 5.56. The van der Waals surface area contributed by atoms with E-state index < -0.39 is 5.92 Å². The van der Waals surface area contributed by atoms with E-state index >= 15 is 0 Å². The summed E-state index contributed by atoms with van der Waals surface area (Å²) < 4.78 is 0. The molecule has 1 unspecified atom stereocenters. The quantitative estimate of drug-likeness (QED) is 0.886. The van der Waals surface area contributed by atoms with Crippen LogP contribution in [0.2, 0.25) is 5.02 Å². The lowest BCUT2D eigenvalue weighted by molar-refractivity contribution is -0.125. The molecule has 23 heavy (non-hydrogen) atoms. The predicted octanol–water partition coefficient (Wildman–Crippen LogP) is 3.12. The molecule has 0 aromatic heterocycles. The van der Waals surface area contributed by atoms with E-state index in [0.717, 1.165) is 23.2 Å². The van der Waals surface area contributed by atoms with Gasteiger partial charge >= 0.3 is 0 Å². The highest BCUT2D eigenvalue weighted by Gasteiger charge is 2.31. The van der Waals surface area contributed by atoms with Crippen LogP contribution in [0.1, 0.15) is 23.5 Å². The fourth-order valence-electron chi connectivity index (χ4n) is 2.73. The first-order valence-corrected chi connectivity index (χ1v) is 7.92. The molecule has 1 atom stereocenters. The Morgan fingerprint density at radius 1 is 1.13 bits per heavy atom. The summed E-state index contributed by atoms with van der Waals surface area (Å²) in [5, 5.41) is 6.38. The molecule has 4 nitrogen and oxygen atoms in total. The lowest BCUT2D eigenvalue weighted by Crippen LogP contribution is -2.28. The highest BCUT2D eigenvalue weighted by molar-refractivity contribution is 6.30. The molecule has 0 bridgehead atoms. The minimum atomic E-state index is -0.401. The zero-order chi connectivity index (χ0) is 16.2. The van der Waals surface area contributed by atoms with Gasteiger partial charge in [0.2, 0.25) is 11.8 Å². The third-order valence-electron chi connectivity index (χ3n) is 3.95. The van der Waals surface area contributed by atoms with Crippen molar-refractivity contribution in [2.24, 2.45) is 0 Å². The maximum absolute atomic E-state index is 12.1. The van der Waals surface area contributed by atoms with Crippen molar-refractivity contribution < 1.29 is 9.59 Å². The van der Waals surface area contributed by atoms with Crippen LogP contribution in [0, 0.1) is 0 Å². The number of carbonyl (C=O) groups is 2. The van der Waals surface area contributed by atoms with Crippen molar-refractivity contribution in [3.05, 3.63) is 64.7 Å². The summed E-state index contributed by atoms with van der Waals surface area (Å²) in [5.41, 5.74) is 2.81. The number of hydrogen-bond acceptors (Lipinski definition) is 2. The summed E-state index contributed by atoms with van der Waals surface area (Å²) >= 11 is 5.84. The van der Waals surface area contributed by atoms with Gasteiger partial charge in [0.1, 0.15) is 0 Å². The van der Waals surface area contributed by atoms with Gasteiger partial charge in [-0.1, -0.05) is 41.9 Å². The summed E-state index contributed by atoms with van der Waals surface area (Å²) in [6, 6.07) is 15.0. The highest BCUT2D eigenvalue weighted by Crippen LogP contribution is 2.34. The minimum absolute atomic E-state index is 0.112. The molecule has 0 saturated carbocycles. The Balaban J connectivity index is 1.52. The molecular formula is C18H17ClN2O2. The standard InChI is InChI=1S/C18H17ClN2O2/c19-13-7-5-12(6-8-13)9-10-20-17(22)11-15-14-3-1-2-4-16(14)21-18(15)23/h1-8,15H,9-11H2,(H,20,22)(H,21,23). The van der Waals surface area contributed by atoms with Crippen LogP contribution < -0.4 is 10.6 Å². The number of hydrogen-bond donors (Lipinski definition) is 2. The largest absolute Gasteiger partial charge is 0.356 e. The SMILES string of the molecule is O=C(CC1C(=O)Nc2ccccc21)NCCc1ccc(Cl)cc1. The Bertz CT molecular complexity index is 728. The van der Waals surface area contributed by atoms with E-state index in [9.17, 15) is 9.59 Å². The van der Waals surface area contributed by atoms with E-state index in [4.69, 9.17) is 11.6 Å². The Morgan fingerprint density at radius 2 is 1.87 bits per heavy atom. The topological polar surface area (TPSA) is 58.2 Å². The molecule has 1 aliphatic heterocycles. The number of rotatable bonds is 5. The van der Waals surface area contributed by atoms with Crippen LogP contribution in [0.3, 0.4) is 0 Å². The molecule has 118 valence electrons. The van der Waals surface area contributed by atoms with E-state index in [1.54, 1.807) is 0 Å². The van der Waals surface area contributed by atoms with Crippen LogP contribution in [0.5, 0.6) is 0 Å². The van der Waals surface area contributed by atoms with E-state index in [-0.39, 0.29) is 18.2 Å². The van der Waals surface area contributed by atoms with E-state index in [1.165, 1.54) is 0 Å². The third-order valence-corrected chi connectivity index (χ3v) is 4.20. The van der Waals surface area contributed by atoms with Gasteiger partial charge in [-0.25, -0.2) is 0 Å². The van der Waals surface area contributed by atoms with Crippen LogP contribution in [0.25, 0.3) is 0 Å². The molecule has 1 heterocycles. The second-order valence-corrected chi connectivity index (χ2v) is 6.00. The number of amides is 2. The predicted molar refractivity (Wildman–Crippen MR) is 90.6 cm³/mol. The average molecular weight is 329 g/mol. The van der Waals surface area contributed by atoms with E-state index in [1.807, 2.05) is 48.5 Å². The van der Waals surface area contributed by atoms with Gasteiger partial charge in [-0.2, -0.15) is 0 Å². The van der Waals surface area contributed by atoms with Gasteiger partial charge in [0, 0.05) is 23.7 Å². The van der Waals surface area contributed by atoms with Crippen molar-refractivity contribution in [3.63, 3.8) is 0 Å². The van der Waals surface area contributed by atoms with E-state index in [2.05, 4.69) is 10.6 Å². The number of para-hydroxylation sites is 1. The molecule has 1 aliphatic rings. The van der Waals surface area contributed by atoms with Crippen molar-refractivity contribution in [2.75, 3.05) is 11.9 Å². The Hall–Kier alpha value is -2.33. The smallest absolute Gasteiger partial charge is 0.232 e. The molecule has 0 radical (unpaired) electrons. The average Bonchev–Trinajstić information content (AvgIpc) is 2.85. The first-order chi connectivity index (χ1) is 11.1. The lowest BCUT2D eigenvalue weighted by atomic mass is 9.97. The zero-order valence-electron chi connectivity index (χ0n) is 12.5. The molecule has 3 rings (SSSR count). The van der Waals surface area contributed by atoms with Crippen molar-refractivity contribution in [1.82, 2.24) is 5.32 Å². The molecular weight excluding hydrogens is 312 g/mol. The first kappa shape index (κ1) is 15.6. The van der Waals surface area contributed by atoms with Crippen molar-refractivity contribution in [2.45, 2.75) is 18.8 Å². The van der Waals surface area contributed by atoms with Crippen LogP contribution in [-0.4, -0.2) is 18.4 Å². The van der Waals surface area contributed by atoms with Crippen molar-refractivity contribution >= 4 is 29.1 Å². The first-order valence-electron chi connectivity index (χ1n) is 7.54. The summed E-state index contributed by atoms with van der Waals surface area (Å²) in [5.74, 6) is -0.628. The number of benzene rings is 2. The van der Waals surface area contributed by atoms with Crippen LogP contribution in [0.4, 0.5) is 5.69 Å². The number of carbonyl (C=O) groups excluding carboxylic acids is 2. The fourth-order valence-corrected chi connectivity index (χ4v) is 2.86. The van der Waals surface area contributed by atoms with E-state index in [0.29, 0.717) is 11.6 Å². The van der Waals surface area contributed by atoms with Crippen LogP contribution in [0.15, 0.2) is 48.5 Å². The molecule has 2 amide bonds. The van der Waals surface area contributed by atoms with Crippen molar-refractivity contribution in [3.8, 4) is 0 Å². The molecule has 5 heteroatoms. The van der Waals surface area contributed by atoms with Gasteiger partial charge in [-0.05, 0) is 35.7 Å². The maximum Gasteiger partial charge on any atom is 0.232 e. The second kappa shape index (κ2) is 6.84. The van der Waals surface area contributed by atoms with Gasteiger partial charge in [-0.3, -0.25) is 9.59 Å². The van der Waals surface area contributed by atoms with Gasteiger partial charge < -0.3 is 10.6 Å². The number of nitrogens with one attached hydrogen (secondary N) is 2. The summed E-state index contributed by atoms with van der Waals surface area (Å²) in [6.07, 6.45) is 0.903. The highest BCUT2D eigenvalue weighted by atomic mass is 35.5. The molecule has 2 N–H and O–H groups in total. The fraction of sp³-hybridized carbons (Fsp3) is 0.222. The molecule has 0 fully saturated rings. The summed E-state index contributed by atoms with van der Waals surface area (Å²) in [7, 11) is 0. The molecule has 2 aromatic carbocycles. The number of anilines is 1. The van der Waals surface area contributed by atoms with Gasteiger partial charge in [0.05, 0.1) is 5.92 Å². The Kier molecular flexibility index (Phi) is 4.63. The maximum atomic E-state index is 12.1. The number of halogens is 1. The summed E-state index contributed by atoms with van der Waals surface area (Å²) in [6.45, 7) is 0.538.